The third kappa shape index (κ3) is 7.39. The Morgan fingerprint density at radius 1 is 1.40 bits per heavy atom. The Morgan fingerprint density at radius 3 is 2.40 bits per heavy atom. The Hall–Kier alpha value is -0.610. The van der Waals surface area contributed by atoms with Crippen molar-refractivity contribution < 1.29 is 13.0 Å². The van der Waals surface area contributed by atoms with E-state index in [9.17, 15) is 8.42 Å². The van der Waals surface area contributed by atoms with Crippen LogP contribution in [0.15, 0.2) is 23.6 Å². The zero-order valence-corrected chi connectivity index (χ0v) is 6.50. The van der Waals surface area contributed by atoms with E-state index in [1.165, 1.54) is 6.08 Å². The van der Waals surface area contributed by atoms with Crippen LogP contribution in [0, 0.1) is 0 Å². The van der Waals surface area contributed by atoms with E-state index < -0.39 is 10.1 Å². The summed E-state index contributed by atoms with van der Waals surface area (Å²) >= 11 is 0. The van der Waals surface area contributed by atoms with Crippen molar-refractivity contribution in [3.63, 3.8) is 0 Å². The average Bonchev–Trinajstić information content (AvgIpc) is 1.78. The second kappa shape index (κ2) is 4.24. The Labute approximate surface area is 60.8 Å². The van der Waals surface area contributed by atoms with Crippen molar-refractivity contribution >= 4 is 10.1 Å². The van der Waals surface area contributed by atoms with Gasteiger partial charge in [0.1, 0.15) is 0 Å². The van der Waals surface area contributed by atoms with Gasteiger partial charge in [0.05, 0.1) is 5.41 Å². The zero-order chi connectivity index (χ0) is 8.04. The summed E-state index contributed by atoms with van der Waals surface area (Å²) < 4.78 is 28.3. The fourth-order valence-electron chi connectivity index (χ4n) is 0.392. The Morgan fingerprint density at radius 2 is 2.00 bits per heavy atom. The van der Waals surface area contributed by atoms with Crippen LogP contribution in [0.1, 0.15) is 13.3 Å². The summed E-state index contributed by atoms with van der Waals surface area (Å²) in [6, 6.07) is 0. The smallest absolute Gasteiger partial charge is 0.282 e. The molecule has 0 aromatic rings. The van der Waals surface area contributed by atoms with E-state index in [0.717, 1.165) is 5.41 Å². The monoisotopic (exact) mass is 162 g/mol. The van der Waals surface area contributed by atoms with E-state index in [0.29, 0.717) is 6.42 Å². The molecule has 0 rings (SSSR count). The zero-order valence-electron chi connectivity index (χ0n) is 5.69. The second-order valence-electron chi connectivity index (χ2n) is 1.69. The third-order valence-corrected chi connectivity index (χ3v) is 1.31. The summed E-state index contributed by atoms with van der Waals surface area (Å²) in [5.74, 6) is 0. The molecule has 0 unspecified atom stereocenters. The van der Waals surface area contributed by atoms with Gasteiger partial charge in [0.15, 0.2) is 0 Å². The lowest BCUT2D eigenvalue weighted by atomic mass is 10.4. The van der Waals surface area contributed by atoms with Crippen LogP contribution < -0.4 is 0 Å². The molecule has 0 saturated heterocycles. The van der Waals surface area contributed by atoms with Gasteiger partial charge in [0, 0.05) is 0 Å². The molecule has 10 heavy (non-hydrogen) atoms. The first-order chi connectivity index (χ1) is 4.56. The molecule has 0 aliphatic rings. The first-order valence-electron chi connectivity index (χ1n) is 2.81. The highest BCUT2D eigenvalue weighted by atomic mass is 32.2. The van der Waals surface area contributed by atoms with Gasteiger partial charge in [-0.25, -0.2) is 0 Å². The van der Waals surface area contributed by atoms with Crippen LogP contribution in [-0.4, -0.2) is 13.0 Å². The van der Waals surface area contributed by atoms with Crippen LogP contribution >= 0.6 is 0 Å². The minimum atomic E-state index is -3.92. The van der Waals surface area contributed by atoms with E-state index >= 15 is 0 Å². The van der Waals surface area contributed by atoms with Crippen molar-refractivity contribution in [3.8, 4) is 0 Å². The van der Waals surface area contributed by atoms with Gasteiger partial charge < -0.3 is 0 Å². The third-order valence-electron chi connectivity index (χ3n) is 0.776. The molecule has 0 saturated carbocycles. The van der Waals surface area contributed by atoms with Crippen molar-refractivity contribution in [1.82, 2.24) is 0 Å². The van der Waals surface area contributed by atoms with Gasteiger partial charge in [0.25, 0.3) is 10.1 Å². The van der Waals surface area contributed by atoms with E-state index in [2.05, 4.69) is 0 Å². The van der Waals surface area contributed by atoms with Crippen LogP contribution in [0.2, 0.25) is 0 Å². The molecule has 0 aliphatic heterocycles. The molecule has 0 bridgehead atoms. The fraction of sp³-hybridized carbons (Fsp3) is 0.333. The maximum absolute atomic E-state index is 10.0. The van der Waals surface area contributed by atoms with Crippen LogP contribution in [0.5, 0.6) is 0 Å². The van der Waals surface area contributed by atoms with Gasteiger partial charge in [0.2, 0.25) is 0 Å². The Bertz CT molecular complexity index is 223. The lowest BCUT2D eigenvalue weighted by Crippen LogP contribution is -1.88. The van der Waals surface area contributed by atoms with Crippen molar-refractivity contribution in [1.29, 1.82) is 0 Å². The van der Waals surface area contributed by atoms with Gasteiger partial charge in [-0.2, -0.15) is 8.42 Å². The Kier molecular flexibility index (Phi) is 3.99. The Balaban J connectivity index is 3.80. The van der Waals surface area contributed by atoms with Crippen LogP contribution in [0.25, 0.3) is 0 Å². The van der Waals surface area contributed by atoms with Crippen LogP contribution in [-0.2, 0) is 10.1 Å². The molecule has 0 aromatic carbocycles. The minimum absolute atomic E-state index is 0.524. The summed E-state index contributed by atoms with van der Waals surface area (Å²) in [6.45, 7) is 1.83. The summed E-state index contributed by atoms with van der Waals surface area (Å²) in [5, 5.41) is 0.771. The summed E-state index contributed by atoms with van der Waals surface area (Å²) in [6.07, 6.45) is 5.47. The number of allylic oxidation sites excluding steroid dienone is 3. The largest absolute Gasteiger partial charge is 0.287 e. The molecule has 3 nitrogen and oxygen atoms in total. The summed E-state index contributed by atoms with van der Waals surface area (Å²) in [4.78, 5) is 0. The van der Waals surface area contributed by atoms with E-state index in [1.807, 2.05) is 6.92 Å². The highest BCUT2D eigenvalue weighted by Crippen LogP contribution is 1.89. The lowest BCUT2D eigenvalue weighted by molar-refractivity contribution is 0.494. The van der Waals surface area contributed by atoms with Crippen LogP contribution in [0.3, 0.4) is 0 Å². The summed E-state index contributed by atoms with van der Waals surface area (Å²) in [7, 11) is -3.92. The maximum Gasteiger partial charge on any atom is 0.287 e. The van der Waals surface area contributed by atoms with Gasteiger partial charge in [-0.1, -0.05) is 18.2 Å². The number of hydrogen-bond acceptors (Lipinski definition) is 2. The fourth-order valence-corrected chi connectivity index (χ4v) is 0.746. The van der Waals surface area contributed by atoms with E-state index in [4.69, 9.17) is 4.55 Å². The SMILES string of the molecule is CC=CCC=CS(=O)(=O)O. The van der Waals surface area contributed by atoms with Gasteiger partial charge >= 0.3 is 0 Å². The summed E-state index contributed by atoms with van der Waals surface area (Å²) in [5.41, 5.74) is 0. The quantitative estimate of drug-likeness (QED) is 0.503. The van der Waals surface area contributed by atoms with E-state index in [-0.39, 0.29) is 0 Å². The molecule has 0 fully saturated rings. The average molecular weight is 162 g/mol. The van der Waals surface area contributed by atoms with Crippen LogP contribution in [0.4, 0.5) is 0 Å². The van der Waals surface area contributed by atoms with E-state index in [1.54, 1.807) is 12.2 Å². The molecule has 0 atom stereocenters. The minimum Gasteiger partial charge on any atom is -0.282 e. The molecule has 0 spiro atoms. The number of hydrogen-bond donors (Lipinski definition) is 1. The molecule has 0 amide bonds. The predicted molar refractivity (Wildman–Crippen MR) is 40.1 cm³/mol. The van der Waals surface area contributed by atoms with Crippen molar-refractivity contribution in [2.45, 2.75) is 13.3 Å². The molecule has 0 aliphatic carbocycles. The molecule has 0 radical (unpaired) electrons. The van der Waals surface area contributed by atoms with Crippen molar-refractivity contribution in [3.05, 3.63) is 23.6 Å². The molecule has 4 heteroatoms. The topological polar surface area (TPSA) is 54.4 Å². The normalized spacial score (nSPS) is 13.4. The molecular weight excluding hydrogens is 152 g/mol. The first-order valence-corrected chi connectivity index (χ1v) is 4.32. The maximum atomic E-state index is 10.0. The second-order valence-corrected chi connectivity index (χ2v) is 2.99. The lowest BCUT2D eigenvalue weighted by Gasteiger charge is -1.81. The van der Waals surface area contributed by atoms with Gasteiger partial charge in [-0.3, -0.25) is 4.55 Å². The standard InChI is InChI=1S/C6H10O3S/c1-2-3-4-5-6-10(7,8)9/h2-3,5-6H,4H2,1H3,(H,7,8,9). The highest BCUT2D eigenvalue weighted by Gasteiger charge is 1.91. The first kappa shape index (κ1) is 9.39. The number of rotatable bonds is 3. The van der Waals surface area contributed by atoms with Crippen molar-refractivity contribution in [2.24, 2.45) is 0 Å². The molecule has 1 N–H and O–H groups in total. The molecular formula is C6H10O3S. The molecule has 0 heterocycles. The highest BCUT2D eigenvalue weighted by molar-refractivity contribution is 7.88. The predicted octanol–water partition coefficient (Wildman–Crippen LogP) is 1.35. The van der Waals surface area contributed by atoms with Gasteiger partial charge in [-0.15, -0.1) is 0 Å². The molecule has 58 valence electrons. The van der Waals surface area contributed by atoms with Crippen molar-refractivity contribution in [2.75, 3.05) is 0 Å². The van der Waals surface area contributed by atoms with Gasteiger partial charge in [-0.05, 0) is 13.3 Å². The molecule has 0 aromatic heterocycles.